The van der Waals surface area contributed by atoms with Crippen molar-refractivity contribution in [2.45, 2.75) is 19.0 Å². The largest absolute Gasteiger partial charge is 0.325 e. The van der Waals surface area contributed by atoms with Gasteiger partial charge in [-0.25, -0.2) is 4.98 Å². The van der Waals surface area contributed by atoms with Crippen molar-refractivity contribution in [2.24, 2.45) is 0 Å². The number of benzene rings is 1. The number of aromatic nitrogens is 2. The molecule has 3 aromatic rings. The molecule has 23 heavy (non-hydrogen) atoms. The number of carbonyl (C=O) groups excluding carboxylic acids is 1. The van der Waals surface area contributed by atoms with Gasteiger partial charge in [-0.3, -0.25) is 9.59 Å². The van der Waals surface area contributed by atoms with E-state index < -0.39 is 0 Å². The molecule has 5 nitrogen and oxygen atoms in total. The molecule has 2 heterocycles. The number of carbonyl (C=O) groups is 1. The fraction of sp³-hybridized carbons (Fsp3) is 0.188. The zero-order valence-electron chi connectivity index (χ0n) is 12.7. The number of H-pyrrole nitrogens is 1. The summed E-state index contributed by atoms with van der Waals surface area (Å²) in [6.07, 6.45) is 0. The van der Waals surface area contributed by atoms with Crippen LogP contribution >= 0.6 is 23.1 Å². The normalized spacial score (nSPS) is 10.9. The van der Waals surface area contributed by atoms with Crippen molar-refractivity contribution in [3.8, 4) is 0 Å². The number of hydrogen-bond acceptors (Lipinski definition) is 5. The second kappa shape index (κ2) is 6.55. The highest BCUT2D eigenvalue weighted by molar-refractivity contribution is 7.99. The Morgan fingerprint density at radius 1 is 1.39 bits per heavy atom. The van der Waals surface area contributed by atoms with Gasteiger partial charge in [0.15, 0.2) is 5.16 Å². The second-order valence-electron chi connectivity index (χ2n) is 5.18. The Balaban J connectivity index is 1.68. The monoisotopic (exact) mass is 345 g/mol. The molecule has 1 amide bonds. The third kappa shape index (κ3) is 3.62. The fourth-order valence-corrected chi connectivity index (χ4v) is 3.83. The first kappa shape index (κ1) is 15.8. The van der Waals surface area contributed by atoms with Crippen molar-refractivity contribution in [3.63, 3.8) is 0 Å². The van der Waals surface area contributed by atoms with Crippen LogP contribution in [0.3, 0.4) is 0 Å². The first-order valence-electron chi connectivity index (χ1n) is 7.00. The number of amides is 1. The van der Waals surface area contributed by atoms with E-state index in [1.54, 1.807) is 0 Å². The lowest BCUT2D eigenvalue weighted by atomic mass is 10.2. The molecule has 0 aliphatic rings. The predicted octanol–water partition coefficient (Wildman–Crippen LogP) is 3.33. The highest BCUT2D eigenvalue weighted by atomic mass is 32.2. The van der Waals surface area contributed by atoms with Gasteiger partial charge in [0.05, 0.1) is 11.1 Å². The average molecular weight is 345 g/mol. The van der Waals surface area contributed by atoms with E-state index in [1.807, 2.05) is 43.5 Å². The van der Waals surface area contributed by atoms with Crippen LogP contribution in [0.25, 0.3) is 10.2 Å². The maximum absolute atomic E-state index is 12.1. The first-order valence-corrected chi connectivity index (χ1v) is 8.87. The Labute approximate surface area is 141 Å². The van der Waals surface area contributed by atoms with Crippen LogP contribution in [0, 0.1) is 13.8 Å². The number of fused-ring (bicyclic) bond motifs is 1. The number of nitrogens with one attached hydrogen (secondary N) is 2. The number of nitrogens with zero attached hydrogens (tertiary/aromatic N) is 1. The lowest BCUT2D eigenvalue weighted by molar-refractivity contribution is -0.113. The fourth-order valence-electron chi connectivity index (χ4n) is 2.19. The molecular formula is C16H15N3O2S2. The molecule has 0 aliphatic carbocycles. The summed E-state index contributed by atoms with van der Waals surface area (Å²) < 4.78 is 0. The van der Waals surface area contributed by atoms with Crippen LogP contribution in [0.15, 0.2) is 39.6 Å². The highest BCUT2D eigenvalue weighted by Gasteiger charge is 2.10. The quantitative estimate of drug-likeness (QED) is 0.562. The van der Waals surface area contributed by atoms with Gasteiger partial charge in [-0.1, -0.05) is 23.9 Å². The van der Waals surface area contributed by atoms with Crippen LogP contribution in [0.1, 0.15) is 11.1 Å². The Bertz CT molecular complexity index is 930. The molecule has 0 fully saturated rings. The van der Waals surface area contributed by atoms with Crippen LogP contribution < -0.4 is 10.9 Å². The minimum absolute atomic E-state index is 0.134. The summed E-state index contributed by atoms with van der Waals surface area (Å²) in [4.78, 5) is 31.9. The zero-order chi connectivity index (χ0) is 16.4. The molecule has 0 unspecified atom stereocenters. The maximum atomic E-state index is 12.1. The standard InChI is InChI=1S/C16H15N3O2S2/c1-9-4-3-5-11(6-9)17-12(20)8-23-16-18-14(21)13-10(2)7-22-15(13)19-16/h3-7H,8H2,1-2H3,(H,17,20)(H,18,19,21). The summed E-state index contributed by atoms with van der Waals surface area (Å²) in [6, 6.07) is 7.61. The molecule has 1 aromatic carbocycles. The topological polar surface area (TPSA) is 74.8 Å². The van der Waals surface area contributed by atoms with E-state index in [-0.39, 0.29) is 17.2 Å². The van der Waals surface area contributed by atoms with E-state index >= 15 is 0 Å². The smallest absolute Gasteiger partial charge is 0.260 e. The van der Waals surface area contributed by atoms with E-state index in [2.05, 4.69) is 15.3 Å². The lowest BCUT2D eigenvalue weighted by Gasteiger charge is -2.05. The zero-order valence-corrected chi connectivity index (χ0v) is 14.3. The predicted molar refractivity (Wildman–Crippen MR) is 95.5 cm³/mol. The molecule has 0 bridgehead atoms. The number of thiophene rings is 1. The van der Waals surface area contributed by atoms with E-state index in [0.29, 0.717) is 15.4 Å². The van der Waals surface area contributed by atoms with Crippen molar-refractivity contribution in [3.05, 3.63) is 51.1 Å². The molecule has 3 rings (SSSR count). The molecule has 7 heteroatoms. The highest BCUT2D eigenvalue weighted by Crippen LogP contribution is 2.22. The van der Waals surface area contributed by atoms with Gasteiger partial charge in [-0.15, -0.1) is 11.3 Å². The summed E-state index contributed by atoms with van der Waals surface area (Å²) in [5.41, 5.74) is 2.61. The van der Waals surface area contributed by atoms with Gasteiger partial charge in [0, 0.05) is 5.69 Å². The molecule has 0 radical (unpaired) electrons. The summed E-state index contributed by atoms with van der Waals surface area (Å²) in [5, 5.41) is 5.83. The van der Waals surface area contributed by atoms with Crippen molar-refractivity contribution < 1.29 is 4.79 Å². The van der Waals surface area contributed by atoms with Crippen LogP contribution in [0.4, 0.5) is 5.69 Å². The molecule has 0 saturated carbocycles. The number of anilines is 1. The van der Waals surface area contributed by atoms with Gasteiger partial charge in [-0.2, -0.15) is 0 Å². The minimum Gasteiger partial charge on any atom is -0.325 e. The van der Waals surface area contributed by atoms with Gasteiger partial charge in [0.1, 0.15) is 4.83 Å². The summed E-state index contributed by atoms with van der Waals surface area (Å²) in [6.45, 7) is 3.86. The molecule has 118 valence electrons. The van der Waals surface area contributed by atoms with E-state index in [9.17, 15) is 9.59 Å². The Kier molecular flexibility index (Phi) is 4.49. The maximum Gasteiger partial charge on any atom is 0.260 e. The molecular weight excluding hydrogens is 330 g/mol. The number of aryl methyl sites for hydroxylation is 2. The number of thioether (sulfide) groups is 1. The lowest BCUT2D eigenvalue weighted by Crippen LogP contribution is -2.15. The van der Waals surface area contributed by atoms with Crippen molar-refractivity contribution in [1.29, 1.82) is 0 Å². The van der Waals surface area contributed by atoms with Crippen LogP contribution in [0.2, 0.25) is 0 Å². The van der Waals surface area contributed by atoms with Gasteiger partial charge < -0.3 is 10.3 Å². The van der Waals surface area contributed by atoms with E-state index in [0.717, 1.165) is 16.8 Å². The molecule has 0 aliphatic heterocycles. The molecule has 2 aromatic heterocycles. The summed E-state index contributed by atoms with van der Waals surface area (Å²) >= 11 is 2.65. The number of hydrogen-bond donors (Lipinski definition) is 2. The van der Waals surface area contributed by atoms with E-state index in [4.69, 9.17) is 0 Å². The molecule has 0 spiro atoms. The Morgan fingerprint density at radius 2 is 2.22 bits per heavy atom. The van der Waals surface area contributed by atoms with Crippen molar-refractivity contribution in [1.82, 2.24) is 9.97 Å². The Morgan fingerprint density at radius 3 is 3.00 bits per heavy atom. The van der Waals surface area contributed by atoms with Gasteiger partial charge in [-0.05, 0) is 42.5 Å². The van der Waals surface area contributed by atoms with Crippen molar-refractivity contribution in [2.75, 3.05) is 11.1 Å². The van der Waals surface area contributed by atoms with Gasteiger partial charge >= 0.3 is 0 Å². The molecule has 0 atom stereocenters. The third-order valence-electron chi connectivity index (χ3n) is 3.25. The summed E-state index contributed by atoms with van der Waals surface area (Å²) in [7, 11) is 0. The van der Waals surface area contributed by atoms with Gasteiger partial charge in [0.25, 0.3) is 5.56 Å². The minimum atomic E-state index is -0.157. The number of aromatic amines is 1. The van der Waals surface area contributed by atoms with Crippen molar-refractivity contribution >= 4 is 44.9 Å². The van der Waals surface area contributed by atoms with Crippen LogP contribution in [0.5, 0.6) is 0 Å². The average Bonchev–Trinajstić information content (AvgIpc) is 2.87. The molecule has 2 N–H and O–H groups in total. The van der Waals surface area contributed by atoms with E-state index in [1.165, 1.54) is 23.1 Å². The SMILES string of the molecule is Cc1cccc(NC(=O)CSc2nc3scc(C)c3c(=O)[nH]2)c1. The third-order valence-corrected chi connectivity index (χ3v) is 5.11. The summed E-state index contributed by atoms with van der Waals surface area (Å²) in [5.74, 6) is 0.0536. The van der Waals surface area contributed by atoms with Crippen LogP contribution in [-0.4, -0.2) is 21.6 Å². The Hall–Kier alpha value is -2.12. The second-order valence-corrected chi connectivity index (χ2v) is 7.00. The first-order chi connectivity index (χ1) is 11.0. The van der Waals surface area contributed by atoms with Gasteiger partial charge in [0.2, 0.25) is 5.91 Å². The van der Waals surface area contributed by atoms with Crippen LogP contribution in [-0.2, 0) is 4.79 Å². The molecule has 0 saturated heterocycles. The number of rotatable bonds is 4.